The van der Waals surface area contributed by atoms with Crippen molar-refractivity contribution in [2.24, 2.45) is 0 Å². The highest BCUT2D eigenvalue weighted by atomic mass is 32.2. The summed E-state index contributed by atoms with van der Waals surface area (Å²) in [5.74, 6) is 0.422. The molecule has 36 heavy (non-hydrogen) atoms. The number of anilines is 1. The number of ether oxygens (including phenoxy) is 1. The van der Waals surface area contributed by atoms with Gasteiger partial charge in [0.25, 0.3) is 0 Å². The molecule has 0 fully saturated rings. The van der Waals surface area contributed by atoms with Crippen molar-refractivity contribution in [1.29, 1.82) is 0 Å². The van der Waals surface area contributed by atoms with Gasteiger partial charge in [-0.3, -0.25) is 0 Å². The summed E-state index contributed by atoms with van der Waals surface area (Å²) in [5.41, 5.74) is 6.83. The van der Waals surface area contributed by atoms with Crippen LogP contribution < -0.4 is 20.7 Å². The molecule has 0 spiro atoms. The molecule has 0 aromatic heterocycles. The van der Waals surface area contributed by atoms with Crippen LogP contribution in [0.1, 0.15) is 46.3 Å². The van der Waals surface area contributed by atoms with Crippen LogP contribution in [-0.2, 0) is 28.6 Å². The first-order chi connectivity index (χ1) is 17.2. The van der Waals surface area contributed by atoms with Crippen molar-refractivity contribution < 1.29 is 17.9 Å². The molecule has 0 saturated heterocycles. The lowest BCUT2D eigenvalue weighted by Gasteiger charge is -2.20. The number of sulfone groups is 1. The largest absolute Gasteiger partial charge is 0.496 e. The van der Waals surface area contributed by atoms with E-state index in [9.17, 15) is 13.2 Å². The van der Waals surface area contributed by atoms with Gasteiger partial charge in [-0.05, 0) is 91.9 Å². The summed E-state index contributed by atoms with van der Waals surface area (Å²) in [6.07, 6.45) is 0.858. The van der Waals surface area contributed by atoms with Crippen molar-refractivity contribution >= 4 is 21.6 Å². The molecule has 1 unspecified atom stereocenters. The second kappa shape index (κ2) is 10.7. The molecule has 8 heteroatoms. The maximum atomic E-state index is 13.2. The lowest BCUT2D eigenvalue weighted by atomic mass is 9.98. The number of urea groups is 1. The number of nitrogens with one attached hydrogen (secondary N) is 3. The number of aryl methyl sites for hydroxylation is 1. The summed E-state index contributed by atoms with van der Waals surface area (Å²) in [7, 11) is -2.05. The fourth-order valence-electron chi connectivity index (χ4n) is 4.58. The third-order valence-corrected chi connectivity index (χ3v) is 8.45. The predicted molar refractivity (Wildman–Crippen MR) is 142 cm³/mol. The minimum absolute atomic E-state index is 0.155. The van der Waals surface area contributed by atoms with Crippen LogP contribution in [0.4, 0.5) is 10.5 Å². The highest BCUT2D eigenvalue weighted by molar-refractivity contribution is 7.90. The molecule has 2 amide bonds. The molecule has 3 N–H and O–H groups in total. The number of rotatable bonds is 7. The summed E-state index contributed by atoms with van der Waals surface area (Å²) in [6, 6.07) is 15.6. The lowest BCUT2D eigenvalue weighted by molar-refractivity contribution is 0.249. The molecular weight excluding hydrogens is 474 g/mol. The van der Waals surface area contributed by atoms with E-state index in [-0.39, 0.29) is 22.7 Å². The fraction of sp³-hybridized carbons (Fsp3) is 0.321. The molecule has 7 nitrogen and oxygen atoms in total. The van der Waals surface area contributed by atoms with E-state index in [0.29, 0.717) is 17.0 Å². The van der Waals surface area contributed by atoms with Gasteiger partial charge in [0.15, 0.2) is 9.84 Å². The molecular formula is C28H33N3O4S. The molecule has 0 radical (unpaired) electrons. The van der Waals surface area contributed by atoms with Crippen LogP contribution in [-0.4, -0.2) is 28.1 Å². The van der Waals surface area contributed by atoms with Crippen molar-refractivity contribution in [3.05, 3.63) is 88.0 Å². The number of hydrogen-bond donors (Lipinski definition) is 3. The van der Waals surface area contributed by atoms with Crippen molar-refractivity contribution in [3.8, 4) is 5.75 Å². The van der Waals surface area contributed by atoms with Crippen molar-refractivity contribution in [2.75, 3.05) is 19.0 Å². The molecule has 3 aromatic rings. The normalized spacial score (nSPS) is 14.0. The Kier molecular flexibility index (Phi) is 7.66. The Morgan fingerprint density at radius 3 is 2.56 bits per heavy atom. The summed E-state index contributed by atoms with van der Waals surface area (Å²) in [4.78, 5) is 12.7. The molecule has 1 heterocycles. The molecule has 1 atom stereocenters. The lowest BCUT2D eigenvalue weighted by Crippen LogP contribution is -2.31. The van der Waals surface area contributed by atoms with Gasteiger partial charge >= 0.3 is 6.03 Å². The minimum atomic E-state index is -3.61. The van der Waals surface area contributed by atoms with Gasteiger partial charge in [-0.25, -0.2) is 13.2 Å². The molecule has 0 aliphatic carbocycles. The van der Waals surface area contributed by atoms with Gasteiger partial charge in [0.2, 0.25) is 0 Å². The highest BCUT2D eigenvalue weighted by Gasteiger charge is 2.21. The predicted octanol–water partition coefficient (Wildman–Crippen LogP) is 4.81. The number of methoxy groups -OCH3 is 1. The van der Waals surface area contributed by atoms with Crippen LogP contribution in [0.5, 0.6) is 5.75 Å². The first-order valence-electron chi connectivity index (χ1n) is 12.0. The topological polar surface area (TPSA) is 96.5 Å². The number of amides is 2. The van der Waals surface area contributed by atoms with Crippen LogP contribution in [0.2, 0.25) is 0 Å². The minimum Gasteiger partial charge on any atom is -0.496 e. The molecule has 1 aliphatic rings. The molecule has 1 aliphatic heterocycles. The van der Waals surface area contributed by atoms with Crippen LogP contribution >= 0.6 is 0 Å². The van der Waals surface area contributed by atoms with E-state index >= 15 is 0 Å². The van der Waals surface area contributed by atoms with E-state index in [4.69, 9.17) is 4.74 Å². The third-order valence-electron chi connectivity index (χ3n) is 6.77. The summed E-state index contributed by atoms with van der Waals surface area (Å²) in [6.45, 7) is 7.64. The van der Waals surface area contributed by atoms with E-state index in [0.717, 1.165) is 41.8 Å². The van der Waals surface area contributed by atoms with Gasteiger partial charge in [0, 0.05) is 17.8 Å². The van der Waals surface area contributed by atoms with Crippen LogP contribution in [0.15, 0.2) is 59.5 Å². The molecule has 0 bridgehead atoms. The fourth-order valence-corrected chi connectivity index (χ4v) is 5.93. The number of carbonyl (C=O) groups is 1. The maximum absolute atomic E-state index is 13.2. The van der Waals surface area contributed by atoms with Crippen molar-refractivity contribution in [3.63, 3.8) is 0 Å². The van der Waals surface area contributed by atoms with Crippen LogP contribution in [0, 0.1) is 13.8 Å². The van der Waals surface area contributed by atoms with E-state index in [1.165, 1.54) is 17.7 Å². The standard InChI is InChI=1S/C28H33N3O4S/c1-18-6-5-7-26(19(18)2)20(3)30-28(32)31-24-8-10-25(11-9-24)36(33,34)17-23-14-21-12-13-29-16-22(21)15-27(23)35-4/h5-11,14-15,20,29H,12-13,16-17H2,1-4H3,(H2,30,31,32). The Bertz CT molecular complexity index is 1370. The maximum Gasteiger partial charge on any atom is 0.319 e. The second-order valence-electron chi connectivity index (χ2n) is 9.25. The van der Waals surface area contributed by atoms with Gasteiger partial charge in [-0.1, -0.05) is 24.3 Å². The monoisotopic (exact) mass is 507 g/mol. The Labute approximate surface area is 213 Å². The average Bonchev–Trinajstić information content (AvgIpc) is 2.85. The van der Waals surface area contributed by atoms with Crippen molar-refractivity contribution in [1.82, 2.24) is 10.6 Å². The molecule has 4 rings (SSSR count). The first kappa shape index (κ1) is 25.7. The Morgan fingerprint density at radius 1 is 1.08 bits per heavy atom. The first-order valence-corrected chi connectivity index (χ1v) is 13.7. The zero-order valence-corrected chi connectivity index (χ0v) is 22.0. The summed E-state index contributed by atoms with van der Waals surface area (Å²) >= 11 is 0. The van der Waals surface area contributed by atoms with Gasteiger partial charge in [-0.15, -0.1) is 0 Å². The van der Waals surface area contributed by atoms with E-state index in [1.54, 1.807) is 19.2 Å². The number of carbonyl (C=O) groups excluding carboxylic acids is 1. The SMILES string of the molecule is COc1cc2c(cc1CS(=O)(=O)c1ccc(NC(=O)NC(C)c3cccc(C)c3C)cc1)CCNC2. The van der Waals surface area contributed by atoms with E-state index < -0.39 is 9.84 Å². The Hall–Kier alpha value is -3.36. The van der Waals surface area contributed by atoms with Gasteiger partial charge in [0.1, 0.15) is 5.75 Å². The summed E-state index contributed by atoms with van der Waals surface area (Å²) in [5, 5.41) is 9.05. The quantitative estimate of drug-likeness (QED) is 0.426. The zero-order valence-electron chi connectivity index (χ0n) is 21.1. The van der Waals surface area contributed by atoms with Crippen LogP contribution in [0.25, 0.3) is 0 Å². The number of fused-ring (bicyclic) bond motifs is 1. The zero-order chi connectivity index (χ0) is 25.9. The van der Waals surface area contributed by atoms with E-state index in [1.807, 2.05) is 51.1 Å². The Morgan fingerprint density at radius 2 is 1.83 bits per heavy atom. The van der Waals surface area contributed by atoms with Gasteiger partial charge < -0.3 is 20.7 Å². The van der Waals surface area contributed by atoms with Crippen molar-refractivity contribution in [2.45, 2.75) is 50.4 Å². The Balaban J connectivity index is 1.43. The summed E-state index contributed by atoms with van der Waals surface area (Å²) < 4.78 is 31.8. The molecule has 3 aromatic carbocycles. The second-order valence-corrected chi connectivity index (χ2v) is 11.2. The van der Waals surface area contributed by atoms with Gasteiger partial charge in [-0.2, -0.15) is 0 Å². The van der Waals surface area contributed by atoms with E-state index in [2.05, 4.69) is 16.0 Å². The molecule has 0 saturated carbocycles. The third kappa shape index (κ3) is 5.71. The smallest absolute Gasteiger partial charge is 0.319 e. The van der Waals surface area contributed by atoms with Gasteiger partial charge in [0.05, 0.1) is 23.8 Å². The average molecular weight is 508 g/mol. The molecule has 190 valence electrons. The number of hydrogen-bond acceptors (Lipinski definition) is 5. The van der Waals surface area contributed by atoms with Crippen LogP contribution in [0.3, 0.4) is 0 Å². The highest BCUT2D eigenvalue weighted by Crippen LogP contribution is 2.29. The number of benzene rings is 3.